The average molecular weight is 517 g/mol. The zero-order valence-electron chi connectivity index (χ0n) is 21.0. The lowest BCUT2D eigenvalue weighted by molar-refractivity contribution is 0.0961. The maximum atomic E-state index is 13.1. The number of aryl methyl sites for hydroxylation is 2. The number of ether oxygens (including phenoxy) is 2. The Hall–Kier alpha value is -3.37. The Morgan fingerprint density at radius 1 is 1.17 bits per heavy atom. The smallest absolute Gasteiger partial charge is 0.326 e. The molecule has 3 aromatic rings. The molecule has 0 saturated carbocycles. The van der Waals surface area contributed by atoms with Crippen LogP contribution in [0, 0.1) is 6.92 Å². The van der Waals surface area contributed by atoms with E-state index >= 15 is 0 Å². The van der Waals surface area contributed by atoms with Crippen LogP contribution in [-0.2, 0) is 7.05 Å². The molecule has 1 fully saturated rings. The number of imide groups is 1. The normalized spacial score (nSPS) is 13.5. The molecule has 1 aliphatic rings. The summed E-state index contributed by atoms with van der Waals surface area (Å²) >= 11 is 0. The first kappa shape index (κ1) is 27.2. The zero-order chi connectivity index (χ0) is 24.9. The van der Waals surface area contributed by atoms with E-state index in [0.29, 0.717) is 23.7 Å². The van der Waals surface area contributed by atoms with Crippen molar-refractivity contribution >= 4 is 41.1 Å². The molecule has 11 heteroatoms. The van der Waals surface area contributed by atoms with Gasteiger partial charge in [0.2, 0.25) is 5.88 Å². The third kappa shape index (κ3) is 6.64. The van der Waals surface area contributed by atoms with Crippen LogP contribution in [0.25, 0.3) is 11.0 Å². The van der Waals surface area contributed by atoms with Crippen molar-refractivity contribution in [2.24, 2.45) is 7.05 Å². The van der Waals surface area contributed by atoms with Gasteiger partial charge >= 0.3 is 6.03 Å². The van der Waals surface area contributed by atoms with Gasteiger partial charge in [0.05, 0.1) is 11.8 Å². The van der Waals surface area contributed by atoms with Crippen LogP contribution in [0.4, 0.5) is 10.5 Å². The average Bonchev–Trinajstić information content (AvgIpc) is 3.40. The monoisotopic (exact) mass is 516 g/mol. The molecular formula is C25H33ClN6O4. The van der Waals surface area contributed by atoms with Gasteiger partial charge in [-0.1, -0.05) is 6.07 Å². The van der Waals surface area contributed by atoms with Gasteiger partial charge in [-0.05, 0) is 64.9 Å². The fourth-order valence-electron chi connectivity index (χ4n) is 4.13. The number of amides is 3. The van der Waals surface area contributed by atoms with Crippen LogP contribution < -0.4 is 20.1 Å². The summed E-state index contributed by atoms with van der Waals surface area (Å²) in [5.74, 6) is 0.197. The molecule has 2 aromatic heterocycles. The van der Waals surface area contributed by atoms with Gasteiger partial charge in [0.1, 0.15) is 17.9 Å². The summed E-state index contributed by atoms with van der Waals surface area (Å²) in [7, 11) is 1.79. The standard InChI is InChI=1S/C25H32N6O4.ClH/c1-16(2)35-19-9-7-8-18(14-19)26-25(33)28-23(32)21-15-20-17(3)29-30(4)22(20)27-24(21)34-13-12-31-10-5-6-11-31;/h7-9,14-16H,5-6,10-13H2,1-4H3,(H2,26,28,32,33);1H. The Morgan fingerprint density at radius 3 is 2.64 bits per heavy atom. The molecule has 0 unspecified atom stereocenters. The van der Waals surface area contributed by atoms with Crippen LogP contribution in [0.3, 0.4) is 0 Å². The summed E-state index contributed by atoms with van der Waals surface area (Å²) in [6, 6.07) is 8.00. The minimum atomic E-state index is -0.664. The van der Waals surface area contributed by atoms with E-state index < -0.39 is 11.9 Å². The van der Waals surface area contributed by atoms with Crippen LogP contribution in [-0.4, -0.2) is 63.9 Å². The first-order valence-electron chi connectivity index (χ1n) is 11.9. The number of rotatable bonds is 8. The number of nitrogens with zero attached hydrogens (tertiary/aromatic N) is 4. The zero-order valence-corrected chi connectivity index (χ0v) is 21.9. The van der Waals surface area contributed by atoms with E-state index in [0.717, 1.165) is 30.7 Å². The summed E-state index contributed by atoms with van der Waals surface area (Å²) in [6.07, 6.45) is 2.38. The van der Waals surface area contributed by atoms with E-state index in [2.05, 4.69) is 25.6 Å². The molecule has 0 radical (unpaired) electrons. The van der Waals surface area contributed by atoms with Crippen molar-refractivity contribution in [2.75, 3.05) is 31.6 Å². The molecule has 0 aliphatic carbocycles. The number of hydrogen-bond donors (Lipinski definition) is 2. The summed E-state index contributed by atoms with van der Waals surface area (Å²) in [6.45, 7) is 8.93. The SMILES string of the molecule is Cc1nn(C)c2nc(OCCN3CCCC3)c(C(=O)NC(=O)Nc3cccc(OC(C)C)c3)cc12.Cl. The minimum absolute atomic E-state index is 0. The van der Waals surface area contributed by atoms with Crippen LogP contribution >= 0.6 is 12.4 Å². The molecule has 0 bridgehead atoms. The highest BCUT2D eigenvalue weighted by molar-refractivity contribution is 6.10. The number of carbonyl (C=O) groups excluding carboxylic acids is 2. The van der Waals surface area contributed by atoms with Crippen LogP contribution in [0.1, 0.15) is 42.7 Å². The molecule has 10 nitrogen and oxygen atoms in total. The molecular weight excluding hydrogens is 484 g/mol. The quantitative estimate of drug-likeness (QED) is 0.466. The molecule has 3 amide bonds. The third-order valence-corrected chi connectivity index (χ3v) is 5.74. The number of fused-ring (bicyclic) bond motifs is 1. The van der Waals surface area contributed by atoms with E-state index in [1.807, 2.05) is 20.8 Å². The summed E-state index contributed by atoms with van der Waals surface area (Å²) in [5, 5.41) is 10.2. The van der Waals surface area contributed by atoms with Gasteiger partial charge in [-0.3, -0.25) is 19.7 Å². The molecule has 3 heterocycles. The Balaban J connectivity index is 0.00000361. The second-order valence-corrected chi connectivity index (χ2v) is 8.92. The van der Waals surface area contributed by atoms with Crippen LogP contribution in [0.2, 0.25) is 0 Å². The molecule has 1 saturated heterocycles. The van der Waals surface area contributed by atoms with E-state index in [1.54, 1.807) is 42.1 Å². The highest BCUT2D eigenvalue weighted by Gasteiger charge is 2.21. The summed E-state index contributed by atoms with van der Waals surface area (Å²) in [5.41, 5.74) is 2.04. The van der Waals surface area contributed by atoms with E-state index in [4.69, 9.17) is 9.47 Å². The molecule has 0 spiro atoms. The molecule has 1 aliphatic heterocycles. The Morgan fingerprint density at radius 2 is 1.92 bits per heavy atom. The summed E-state index contributed by atoms with van der Waals surface area (Å²) in [4.78, 5) is 32.6. The van der Waals surface area contributed by atoms with E-state index in [1.165, 1.54) is 12.8 Å². The van der Waals surface area contributed by atoms with Crippen molar-refractivity contribution < 1.29 is 19.1 Å². The molecule has 4 rings (SSSR count). The van der Waals surface area contributed by atoms with Gasteiger partial charge in [0.25, 0.3) is 5.91 Å². The summed E-state index contributed by atoms with van der Waals surface area (Å²) < 4.78 is 13.2. The molecule has 36 heavy (non-hydrogen) atoms. The van der Waals surface area contributed by atoms with Crippen molar-refractivity contribution in [1.29, 1.82) is 0 Å². The number of carbonyl (C=O) groups is 2. The number of urea groups is 1. The first-order chi connectivity index (χ1) is 16.8. The fraction of sp³-hybridized carbons (Fsp3) is 0.440. The second kappa shape index (κ2) is 12.0. The van der Waals surface area contributed by atoms with Gasteiger partial charge < -0.3 is 14.8 Å². The topological polar surface area (TPSA) is 111 Å². The van der Waals surface area contributed by atoms with E-state index in [-0.39, 0.29) is 30.0 Å². The molecule has 2 N–H and O–H groups in total. The van der Waals surface area contributed by atoms with Crippen LogP contribution in [0.15, 0.2) is 30.3 Å². The van der Waals surface area contributed by atoms with Gasteiger partial charge in [0.15, 0.2) is 5.65 Å². The van der Waals surface area contributed by atoms with Crippen molar-refractivity contribution in [3.05, 3.63) is 41.6 Å². The Labute approximate surface area is 216 Å². The van der Waals surface area contributed by atoms with Crippen LogP contribution in [0.5, 0.6) is 11.6 Å². The first-order valence-corrected chi connectivity index (χ1v) is 11.9. The predicted octanol–water partition coefficient (Wildman–Crippen LogP) is 3.92. The minimum Gasteiger partial charge on any atom is -0.491 e. The maximum Gasteiger partial charge on any atom is 0.326 e. The largest absolute Gasteiger partial charge is 0.491 e. The lowest BCUT2D eigenvalue weighted by Gasteiger charge is -2.16. The highest BCUT2D eigenvalue weighted by Crippen LogP contribution is 2.25. The van der Waals surface area contributed by atoms with Gasteiger partial charge in [-0.2, -0.15) is 10.1 Å². The van der Waals surface area contributed by atoms with Gasteiger partial charge in [-0.25, -0.2) is 4.79 Å². The number of anilines is 1. The number of likely N-dealkylation sites (tertiary alicyclic amines) is 1. The second-order valence-electron chi connectivity index (χ2n) is 8.92. The number of hydrogen-bond acceptors (Lipinski definition) is 7. The number of benzene rings is 1. The van der Waals surface area contributed by atoms with Crippen molar-refractivity contribution in [3.63, 3.8) is 0 Å². The number of pyridine rings is 1. The number of nitrogens with one attached hydrogen (secondary N) is 2. The lowest BCUT2D eigenvalue weighted by Crippen LogP contribution is -2.35. The van der Waals surface area contributed by atoms with Gasteiger partial charge in [0, 0.05) is 30.7 Å². The van der Waals surface area contributed by atoms with Gasteiger partial charge in [-0.15, -0.1) is 12.4 Å². The Bertz CT molecular complexity index is 1220. The van der Waals surface area contributed by atoms with Crippen molar-refractivity contribution in [1.82, 2.24) is 25.0 Å². The fourth-order valence-corrected chi connectivity index (χ4v) is 4.13. The maximum absolute atomic E-state index is 13.1. The molecule has 1 aromatic carbocycles. The number of halogens is 1. The Kier molecular flexibility index (Phi) is 9.11. The third-order valence-electron chi connectivity index (χ3n) is 5.74. The molecule has 194 valence electrons. The van der Waals surface area contributed by atoms with E-state index in [9.17, 15) is 9.59 Å². The lowest BCUT2D eigenvalue weighted by atomic mass is 10.2. The van der Waals surface area contributed by atoms with Crippen molar-refractivity contribution in [3.8, 4) is 11.6 Å². The highest BCUT2D eigenvalue weighted by atomic mass is 35.5. The molecule has 0 atom stereocenters. The van der Waals surface area contributed by atoms with Crippen molar-refractivity contribution in [2.45, 2.75) is 39.7 Å². The predicted molar refractivity (Wildman–Crippen MR) is 140 cm³/mol. The number of aromatic nitrogens is 3.